The summed E-state index contributed by atoms with van der Waals surface area (Å²) in [7, 11) is 0.384. The highest BCUT2D eigenvalue weighted by Gasteiger charge is 2.28. The predicted molar refractivity (Wildman–Crippen MR) is 164 cm³/mol. The fourth-order valence-corrected chi connectivity index (χ4v) is 5.35. The minimum Gasteiger partial charge on any atom is -0.494 e. The molecule has 0 bridgehead atoms. The van der Waals surface area contributed by atoms with Gasteiger partial charge in [-0.1, -0.05) is 6.08 Å². The predicted octanol–water partition coefficient (Wildman–Crippen LogP) is 4.75. The maximum atomic E-state index is 13.8. The number of aromatic nitrogens is 2. The molecule has 3 aromatic heterocycles. The summed E-state index contributed by atoms with van der Waals surface area (Å²) in [5.41, 5.74) is 1.93. The lowest BCUT2D eigenvalue weighted by molar-refractivity contribution is 0.0939. The molecule has 0 fully saturated rings. The zero-order valence-electron chi connectivity index (χ0n) is 24.8. The number of anilines is 1. The number of hydrogen-bond acceptors (Lipinski definition) is 8. The molecule has 45 heavy (non-hydrogen) atoms. The van der Waals surface area contributed by atoms with Crippen LogP contribution in [0.2, 0.25) is 0 Å². The SMILES string of the molecule is CNC(=O)c1c(C2=CC=C(F)CC2)oc2cc(N(C)S(C)(=O)=O)c(-c3ccc(OC)c(C(=O)NCc4ccc(F)cn4)n3)cc12. The van der Waals surface area contributed by atoms with E-state index in [2.05, 4.69) is 20.6 Å². The van der Waals surface area contributed by atoms with Crippen LogP contribution in [0.1, 0.15) is 45.1 Å². The quantitative estimate of drug-likeness (QED) is 0.268. The van der Waals surface area contributed by atoms with Gasteiger partial charge in [0.25, 0.3) is 11.8 Å². The molecule has 14 heteroatoms. The average molecular weight is 638 g/mol. The van der Waals surface area contributed by atoms with Crippen LogP contribution in [0.15, 0.2) is 65.0 Å². The summed E-state index contributed by atoms with van der Waals surface area (Å²) < 4.78 is 65.0. The second-order valence-corrected chi connectivity index (χ2v) is 12.2. The molecule has 0 saturated carbocycles. The van der Waals surface area contributed by atoms with E-state index < -0.39 is 27.7 Å². The van der Waals surface area contributed by atoms with E-state index in [0.29, 0.717) is 23.1 Å². The van der Waals surface area contributed by atoms with Crippen LogP contribution in [0.4, 0.5) is 14.5 Å². The number of ether oxygens (including phenoxy) is 1. The van der Waals surface area contributed by atoms with Crippen LogP contribution in [-0.4, -0.2) is 57.7 Å². The van der Waals surface area contributed by atoms with Crippen molar-refractivity contribution in [1.29, 1.82) is 0 Å². The third kappa shape index (κ3) is 6.41. The minimum absolute atomic E-state index is 0.0234. The van der Waals surface area contributed by atoms with Crippen LogP contribution >= 0.6 is 0 Å². The van der Waals surface area contributed by atoms with Gasteiger partial charge in [0.05, 0.1) is 48.7 Å². The van der Waals surface area contributed by atoms with Gasteiger partial charge < -0.3 is 19.8 Å². The van der Waals surface area contributed by atoms with Gasteiger partial charge in [-0.25, -0.2) is 22.2 Å². The number of nitrogens with zero attached hydrogens (tertiary/aromatic N) is 3. The minimum atomic E-state index is -3.80. The van der Waals surface area contributed by atoms with Crippen molar-refractivity contribution in [3.8, 4) is 17.0 Å². The highest BCUT2D eigenvalue weighted by atomic mass is 32.2. The van der Waals surface area contributed by atoms with Gasteiger partial charge in [-0.15, -0.1) is 0 Å². The number of carbonyl (C=O) groups excluding carboxylic acids is 2. The van der Waals surface area contributed by atoms with Gasteiger partial charge in [-0.2, -0.15) is 0 Å². The number of carbonyl (C=O) groups is 2. The molecule has 0 spiro atoms. The van der Waals surface area contributed by atoms with Gasteiger partial charge >= 0.3 is 0 Å². The Morgan fingerprint density at radius 3 is 2.49 bits per heavy atom. The second-order valence-electron chi connectivity index (χ2n) is 10.2. The number of sulfonamides is 1. The van der Waals surface area contributed by atoms with Crippen molar-refractivity contribution in [3.63, 3.8) is 0 Å². The topological polar surface area (TPSA) is 144 Å². The van der Waals surface area contributed by atoms with Crippen LogP contribution < -0.4 is 19.7 Å². The Hall–Kier alpha value is -5.11. The van der Waals surface area contributed by atoms with E-state index in [-0.39, 0.29) is 64.1 Å². The number of halogens is 2. The van der Waals surface area contributed by atoms with Crippen molar-refractivity contribution in [2.45, 2.75) is 19.4 Å². The fraction of sp³-hybridized carbons (Fsp3) is 0.226. The Kier molecular flexibility index (Phi) is 8.68. The lowest BCUT2D eigenvalue weighted by atomic mass is 9.96. The van der Waals surface area contributed by atoms with Crippen molar-refractivity contribution in [2.24, 2.45) is 0 Å². The lowest BCUT2D eigenvalue weighted by Gasteiger charge is -2.21. The second kappa shape index (κ2) is 12.5. The van der Waals surface area contributed by atoms with Gasteiger partial charge in [-0.05, 0) is 48.4 Å². The highest BCUT2D eigenvalue weighted by Crippen LogP contribution is 2.41. The first-order valence-corrected chi connectivity index (χ1v) is 15.5. The lowest BCUT2D eigenvalue weighted by Crippen LogP contribution is -2.26. The molecule has 0 saturated heterocycles. The van der Waals surface area contributed by atoms with E-state index in [1.807, 2.05) is 0 Å². The first-order valence-electron chi connectivity index (χ1n) is 13.7. The van der Waals surface area contributed by atoms with Gasteiger partial charge in [0, 0.05) is 37.5 Å². The number of allylic oxidation sites excluding steroid dienone is 4. The zero-order valence-corrected chi connectivity index (χ0v) is 25.6. The molecule has 234 valence electrons. The van der Waals surface area contributed by atoms with Crippen LogP contribution in [0, 0.1) is 5.82 Å². The summed E-state index contributed by atoms with van der Waals surface area (Å²) in [4.78, 5) is 34.9. The molecule has 4 aromatic rings. The molecule has 1 aromatic carbocycles. The highest BCUT2D eigenvalue weighted by molar-refractivity contribution is 7.92. The van der Waals surface area contributed by atoms with Crippen molar-refractivity contribution >= 4 is 44.1 Å². The summed E-state index contributed by atoms with van der Waals surface area (Å²) >= 11 is 0. The molecule has 2 amide bonds. The largest absolute Gasteiger partial charge is 0.494 e. The summed E-state index contributed by atoms with van der Waals surface area (Å²) in [5, 5.41) is 5.63. The summed E-state index contributed by atoms with van der Waals surface area (Å²) in [6, 6.07) is 8.76. The van der Waals surface area contributed by atoms with Crippen LogP contribution in [0.3, 0.4) is 0 Å². The molecule has 0 aliphatic heterocycles. The van der Waals surface area contributed by atoms with Crippen LogP contribution in [-0.2, 0) is 16.6 Å². The molecule has 1 aliphatic carbocycles. The number of hydrogen-bond donors (Lipinski definition) is 2. The van der Waals surface area contributed by atoms with E-state index in [1.54, 1.807) is 18.2 Å². The third-order valence-corrected chi connectivity index (χ3v) is 8.47. The maximum Gasteiger partial charge on any atom is 0.274 e. The number of pyridine rings is 2. The van der Waals surface area contributed by atoms with Gasteiger partial charge in [0.15, 0.2) is 5.69 Å². The van der Waals surface area contributed by atoms with Crippen molar-refractivity contribution in [3.05, 3.63) is 89.1 Å². The van der Waals surface area contributed by atoms with Crippen molar-refractivity contribution in [1.82, 2.24) is 20.6 Å². The van der Waals surface area contributed by atoms with Gasteiger partial charge in [0.2, 0.25) is 10.0 Å². The molecule has 5 rings (SSSR count). The number of amides is 2. The summed E-state index contributed by atoms with van der Waals surface area (Å²) in [6.07, 6.45) is 5.36. The number of fused-ring (bicyclic) bond motifs is 1. The van der Waals surface area contributed by atoms with Crippen molar-refractivity contribution < 1.29 is 35.9 Å². The van der Waals surface area contributed by atoms with Crippen LogP contribution in [0.25, 0.3) is 27.8 Å². The zero-order chi connectivity index (χ0) is 32.5. The molecular weight excluding hydrogens is 608 g/mol. The first kappa shape index (κ1) is 31.3. The number of furan rings is 1. The Labute approximate surface area is 257 Å². The normalized spacial score (nSPS) is 13.2. The Balaban J connectivity index is 1.68. The third-order valence-electron chi connectivity index (χ3n) is 7.28. The van der Waals surface area contributed by atoms with Crippen molar-refractivity contribution in [2.75, 3.05) is 31.8 Å². The monoisotopic (exact) mass is 637 g/mol. The molecule has 1 aliphatic rings. The Bertz CT molecular complexity index is 1990. The molecule has 2 N–H and O–H groups in total. The molecule has 3 heterocycles. The number of methoxy groups -OCH3 is 1. The van der Waals surface area contributed by atoms with E-state index in [1.165, 1.54) is 51.5 Å². The van der Waals surface area contributed by atoms with Crippen LogP contribution in [0.5, 0.6) is 5.75 Å². The molecular formula is C31H29F2N5O6S. The van der Waals surface area contributed by atoms with E-state index in [4.69, 9.17) is 9.15 Å². The number of rotatable bonds is 9. The molecule has 0 radical (unpaired) electrons. The smallest absolute Gasteiger partial charge is 0.274 e. The summed E-state index contributed by atoms with van der Waals surface area (Å²) in [5.74, 6) is -1.53. The fourth-order valence-electron chi connectivity index (χ4n) is 4.84. The first-order chi connectivity index (χ1) is 21.4. The van der Waals surface area contributed by atoms with Gasteiger partial charge in [0.1, 0.15) is 28.7 Å². The van der Waals surface area contributed by atoms with E-state index in [0.717, 1.165) is 16.8 Å². The Morgan fingerprint density at radius 1 is 1.09 bits per heavy atom. The summed E-state index contributed by atoms with van der Waals surface area (Å²) in [6.45, 7) is -0.0234. The maximum absolute atomic E-state index is 13.8. The van der Waals surface area contributed by atoms with E-state index in [9.17, 15) is 26.8 Å². The van der Waals surface area contributed by atoms with E-state index >= 15 is 0 Å². The standard InChI is InChI=1S/C31H29F2N5O6S/c1-34-30(39)27-22-13-21(23-11-12-25(43-3)28(37-23)31(40)36-16-20-10-9-19(33)15-35-20)24(38(2)45(4,41)42)14-26(22)44-29(27)17-5-7-18(32)8-6-17/h5,7,9-15H,6,8,16H2,1-4H3,(H,34,39)(H,36,40). The average Bonchev–Trinajstić information content (AvgIpc) is 3.41. The number of benzene rings is 1. The Morgan fingerprint density at radius 2 is 1.87 bits per heavy atom. The van der Waals surface area contributed by atoms with Gasteiger partial charge in [-0.3, -0.25) is 18.9 Å². The molecule has 0 atom stereocenters. The molecule has 0 unspecified atom stereocenters. The number of nitrogens with one attached hydrogen (secondary N) is 2. The molecule has 11 nitrogen and oxygen atoms in total.